The first-order valence-electron chi connectivity index (χ1n) is 6.48. The molecule has 1 N–H and O–H groups in total. The zero-order chi connectivity index (χ0) is 11.7. The standard InChI is InChI=1S/C11H21NO.C2H6/c1-9(2)8-11(13)12-10-6-4-3-5-7-10;1-2/h9-10H,3-8H2,1-2H3,(H,12,13);1-2H3. The Bertz CT molecular complexity index is 160. The van der Waals surface area contributed by atoms with Crippen molar-refractivity contribution in [3.05, 3.63) is 0 Å². The average Bonchev–Trinajstić information content (AvgIpc) is 2.21. The molecule has 0 saturated heterocycles. The predicted octanol–water partition coefficient (Wildman–Crippen LogP) is 3.51. The summed E-state index contributed by atoms with van der Waals surface area (Å²) in [7, 11) is 0. The molecule has 0 aliphatic heterocycles. The molecule has 2 heteroatoms. The molecule has 1 fully saturated rings. The van der Waals surface area contributed by atoms with Gasteiger partial charge in [-0.15, -0.1) is 0 Å². The van der Waals surface area contributed by atoms with Crippen LogP contribution in [-0.4, -0.2) is 11.9 Å². The molecule has 15 heavy (non-hydrogen) atoms. The lowest BCUT2D eigenvalue weighted by Gasteiger charge is -2.23. The summed E-state index contributed by atoms with van der Waals surface area (Å²) in [5.41, 5.74) is 0. The maximum absolute atomic E-state index is 11.4. The summed E-state index contributed by atoms with van der Waals surface area (Å²) in [6, 6.07) is 0.472. The Morgan fingerprint density at radius 3 is 2.20 bits per heavy atom. The minimum Gasteiger partial charge on any atom is -0.353 e. The highest BCUT2D eigenvalue weighted by Gasteiger charge is 2.15. The summed E-state index contributed by atoms with van der Waals surface area (Å²) in [5, 5.41) is 3.11. The molecule has 1 aliphatic carbocycles. The van der Waals surface area contributed by atoms with Gasteiger partial charge in [0.1, 0.15) is 0 Å². The molecule has 2 nitrogen and oxygen atoms in total. The molecule has 0 unspecified atom stereocenters. The second-order valence-corrected chi connectivity index (χ2v) is 4.50. The third-order valence-corrected chi connectivity index (χ3v) is 2.56. The van der Waals surface area contributed by atoms with E-state index in [1.807, 2.05) is 13.8 Å². The number of hydrogen-bond donors (Lipinski definition) is 1. The fraction of sp³-hybridized carbons (Fsp3) is 0.923. The molecule has 0 radical (unpaired) electrons. The van der Waals surface area contributed by atoms with E-state index in [1.165, 1.54) is 32.1 Å². The van der Waals surface area contributed by atoms with Gasteiger partial charge < -0.3 is 5.32 Å². The summed E-state index contributed by atoms with van der Waals surface area (Å²) >= 11 is 0. The maximum atomic E-state index is 11.4. The van der Waals surface area contributed by atoms with Crippen molar-refractivity contribution in [2.24, 2.45) is 5.92 Å². The highest BCUT2D eigenvalue weighted by Crippen LogP contribution is 2.17. The minimum atomic E-state index is 0.238. The first kappa shape index (κ1) is 14.5. The van der Waals surface area contributed by atoms with E-state index in [0.29, 0.717) is 18.4 Å². The van der Waals surface area contributed by atoms with E-state index in [-0.39, 0.29) is 5.91 Å². The van der Waals surface area contributed by atoms with Crippen molar-refractivity contribution in [1.82, 2.24) is 5.32 Å². The van der Waals surface area contributed by atoms with Gasteiger partial charge in [0.2, 0.25) is 5.91 Å². The van der Waals surface area contributed by atoms with E-state index >= 15 is 0 Å². The molecular weight excluding hydrogens is 186 g/mol. The van der Waals surface area contributed by atoms with Gasteiger partial charge in [0.15, 0.2) is 0 Å². The lowest BCUT2D eigenvalue weighted by atomic mass is 9.95. The number of carbonyl (C=O) groups excluding carboxylic acids is 1. The summed E-state index contributed by atoms with van der Waals surface area (Å²) in [4.78, 5) is 11.4. The van der Waals surface area contributed by atoms with Crippen LogP contribution in [0.4, 0.5) is 0 Å². The Hall–Kier alpha value is -0.530. The van der Waals surface area contributed by atoms with Gasteiger partial charge >= 0.3 is 0 Å². The fourth-order valence-corrected chi connectivity index (χ4v) is 1.90. The number of carbonyl (C=O) groups is 1. The topological polar surface area (TPSA) is 29.1 Å². The van der Waals surface area contributed by atoms with E-state index < -0.39 is 0 Å². The van der Waals surface area contributed by atoms with Gasteiger partial charge in [-0.3, -0.25) is 4.79 Å². The van der Waals surface area contributed by atoms with Gasteiger partial charge in [-0.1, -0.05) is 47.0 Å². The molecule has 0 aromatic rings. The van der Waals surface area contributed by atoms with Crippen molar-refractivity contribution in [3.63, 3.8) is 0 Å². The van der Waals surface area contributed by atoms with E-state index in [2.05, 4.69) is 19.2 Å². The molecule has 1 saturated carbocycles. The minimum absolute atomic E-state index is 0.238. The number of rotatable bonds is 3. The van der Waals surface area contributed by atoms with Crippen LogP contribution in [0.25, 0.3) is 0 Å². The van der Waals surface area contributed by atoms with Crippen molar-refractivity contribution < 1.29 is 4.79 Å². The van der Waals surface area contributed by atoms with Crippen LogP contribution in [0.3, 0.4) is 0 Å². The maximum Gasteiger partial charge on any atom is 0.220 e. The molecule has 0 spiro atoms. The fourth-order valence-electron chi connectivity index (χ4n) is 1.90. The molecule has 0 heterocycles. The molecule has 1 amide bonds. The monoisotopic (exact) mass is 213 g/mol. The summed E-state index contributed by atoms with van der Waals surface area (Å²) in [6.45, 7) is 8.17. The van der Waals surface area contributed by atoms with Crippen LogP contribution >= 0.6 is 0 Å². The first-order chi connectivity index (χ1) is 7.18. The third kappa shape index (κ3) is 7.40. The molecular formula is C13H27NO. The van der Waals surface area contributed by atoms with E-state index in [1.54, 1.807) is 0 Å². The Morgan fingerprint density at radius 2 is 1.73 bits per heavy atom. The second kappa shape index (κ2) is 8.75. The molecule has 0 aromatic carbocycles. The molecule has 1 rings (SSSR count). The van der Waals surface area contributed by atoms with Gasteiger partial charge in [0.05, 0.1) is 0 Å². The molecule has 90 valence electrons. The predicted molar refractivity (Wildman–Crippen MR) is 65.8 cm³/mol. The highest BCUT2D eigenvalue weighted by molar-refractivity contribution is 5.76. The number of hydrogen-bond acceptors (Lipinski definition) is 1. The van der Waals surface area contributed by atoms with Crippen LogP contribution in [0.15, 0.2) is 0 Å². The number of amides is 1. The SMILES string of the molecule is CC.CC(C)CC(=O)NC1CCCCC1. The van der Waals surface area contributed by atoms with Gasteiger partial charge in [0, 0.05) is 12.5 Å². The molecule has 0 atom stereocenters. The van der Waals surface area contributed by atoms with Crippen LogP contribution in [-0.2, 0) is 4.79 Å². The number of nitrogens with one attached hydrogen (secondary N) is 1. The van der Waals surface area contributed by atoms with Gasteiger partial charge in [-0.2, -0.15) is 0 Å². The Labute approximate surface area is 94.8 Å². The quantitative estimate of drug-likeness (QED) is 0.763. The third-order valence-electron chi connectivity index (χ3n) is 2.56. The second-order valence-electron chi connectivity index (χ2n) is 4.50. The molecule has 1 aliphatic rings. The lowest BCUT2D eigenvalue weighted by molar-refractivity contribution is -0.122. The molecule has 0 bridgehead atoms. The smallest absolute Gasteiger partial charge is 0.220 e. The van der Waals surface area contributed by atoms with E-state index in [9.17, 15) is 4.79 Å². The van der Waals surface area contributed by atoms with Gasteiger partial charge in [-0.25, -0.2) is 0 Å². The Kier molecular flexibility index (Phi) is 8.44. The van der Waals surface area contributed by atoms with Crippen LogP contribution < -0.4 is 5.32 Å². The zero-order valence-corrected chi connectivity index (χ0v) is 10.8. The lowest BCUT2D eigenvalue weighted by Crippen LogP contribution is -2.36. The van der Waals surface area contributed by atoms with E-state index in [4.69, 9.17) is 0 Å². The largest absolute Gasteiger partial charge is 0.353 e. The Morgan fingerprint density at radius 1 is 1.20 bits per heavy atom. The van der Waals surface area contributed by atoms with Gasteiger partial charge in [-0.05, 0) is 18.8 Å². The summed E-state index contributed by atoms with van der Waals surface area (Å²) in [6.07, 6.45) is 6.96. The van der Waals surface area contributed by atoms with Crippen molar-refractivity contribution in [2.75, 3.05) is 0 Å². The van der Waals surface area contributed by atoms with Crippen molar-refractivity contribution in [3.8, 4) is 0 Å². The zero-order valence-electron chi connectivity index (χ0n) is 10.8. The highest BCUT2D eigenvalue weighted by atomic mass is 16.1. The van der Waals surface area contributed by atoms with Crippen molar-refractivity contribution in [1.29, 1.82) is 0 Å². The Balaban J connectivity index is 0.000000921. The van der Waals surface area contributed by atoms with Crippen molar-refractivity contribution >= 4 is 5.91 Å². The first-order valence-corrected chi connectivity index (χ1v) is 6.48. The normalized spacial score (nSPS) is 16.9. The van der Waals surface area contributed by atoms with Crippen LogP contribution in [0, 0.1) is 5.92 Å². The van der Waals surface area contributed by atoms with Crippen molar-refractivity contribution in [2.45, 2.75) is 72.3 Å². The van der Waals surface area contributed by atoms with Crippen LogP contribution in [0.1, 0.15) is 66.2 Å². The molecule has 0 aromatic heterocycles. The van der Waals surface area contributed by atoms with Crippen LogP contribution in [0.2, 0.25) is 0 Å². The summed E-state index contributed by atoms with van der Waals surface area (Å²) in [5.74, 6) is 0.713. The average molecular weight is 213 g/mol. The van der Waals surface area contributed by atoms with Crippen LogP contribution in [0.5, 0.6) is 0 Å². The van der Waals surface area contributed by atoms with E-state index in [0.717, 1.165) is 0 Å². The van der Waals surface area contributed by atoms with Gasteiger partial charge in [0.25, 0.3) is 0 Å². The summed E-state index contributed by atoms with van der Waals surface area (Å²) < 4.78 is 0.